The van der Waals surface area contributed by atoms with Crippen LogP contribution in [0.5, 0.6) is 0 Å². The molecule has 0 amide bonds. The van der Waals surface area contributed by atoms with Crippen LogP contribution in [0.1, 0.15) is 35.0 Å². The van der Waals surface area contributed by atoms with Crippen molar-refractivity contribution in [2.24, 2.45) is 0 Å². The van der Waals surface area contributed by atoms with E-state index in [1.807, 2.05) is 49.4 Å². The van der Waals surface area contributed by atoms with Crippen LogP contribution < -0.4 is 0 Å². The van der Waals surface area contributed by atoms with Crippen molar-refractivity contribution in [3.05, 3.63) is 89.1 Å². The van der Waals surface area contributed by atoms with E-state index in [9.17, 15) is 8.78 Å². The Bertz CT molecular complexity index is 1110. The van der Waals surface area contributed by atoms with E-state index in [1.165, 1.54) is 17.1 Å². The first-order valence-corrected chi connectivity index (χ1v) is 9.24. The Morgan fingerprint density at radius 1 is 1.10 bits per heavy atom. The van der Waals surface area contributed by atoms with Crippen molar-refractivity contribution >= 4 is 0 Å². The molecule has 29 heavy (non-hydrogen) atoms. The van der Waals surface area contributed by atoms with E-state index < -0.39 is 5.92 Å². The predicted octanol–water partition coefficient (Wildman–Crippen LogP) is 4.99. The van der Waals surface area contributed by atoms with E-state index in [2.05, 4.69) is 15.2 Å². The van der Waals surface area contributed by atoms with E-state index in [1.54, 1.807) is 6.20 Å². The average Bonchev–Trinajstić information content (AvgIpc) is 3.33. The summed E-state index contributed by atoms with van der Waals surface area (Å²) in [5.41, 5.74) is 4.63. The first kappa shape index (κ1) is 19.0. The van der Waals surface area contributed by atoms with Crippen LogP contribution in [0.2, 0.25) is 0 Å². The summed E-state index contributed by atoms with van der Waals surface area (Å²) in [5, 5.41) is 8.17. The lowest BCUT2D eigenvalue weighted by molar-refractivity contribution is 0.0174. The topological polar surface area (TPSA) is 56.7 Å². The van der Waals surface area contributed by atoms with Gasteiger partial charge in [0.05, 0.1) is 24.0 Å². The summed E-state index contributed by atoms with van der Waals surface area (Å²) in [6, 6.07) is 13.7. The molecule has 0 radical (unpaired) electrons. The Morgan fingerprint density at radius 2 is 1.86 bits per heavy atom. The van der Waals surface area contributed by atoms with Gasteiger partial charge in [0.25, 0.3) is 5.92 Å². The van der Waals surface area contributed by atoms with Gasteiger partial charge in [-0.1, -0.05) is 29.4 Å². The standard InChI is InChI=1S/C22H20F2N4O/c1-15-20(4-3-9-25-15)21-11-19(27-29-21)10-16-5-7-17(8-6-16)13-28-14-18(12-26-28)22(2,23)24/h3-9,11-12,14H,10,13H2,1-2H3. The van der Waals surface area contributed by atoms with Crippen molar-refractivity contribution in [1.82, 2.24) is 19.9 Å². The molecule has 0 N–H and O–H groups in total. The van der Waals surface area contributed by atoms with Gasteiger partial charge in [0, 0.05) is 43.1 Å². The highest BCUT2D eigenvalue weighted by Crippen LogP contribution is 2.26. The molecule has 148 valence electrons. The normalized spacial score (nSPS) is 11.7. The number of pyridine rings is 1. The SMILES string of the molecule is Cc1ncccc1-c1cc(Cc2ccc(Cn3cc(C(C)(F)F)cn3)cc2)no1. The van der Waals surface area contributed by atoms with E-state index in [0.717, 1.165) is 35.0 Å². The van der Waals surface area contributed by atoms with Crippen molar-refractivity contribution < 1.29 is 13.3 Å². The number of halogens is 2. The Hall–Kier alpha value is -3.35. The highest BCUT2D eigenvalue weighted by atomic mass is 19.3. The van der Waals surface area contributed by atoms with E-state index in [-0.39, 0.29) is 5.56 Å². The van der Waals surface area contributed by atoms with Crippen molar-refractivity contribution in [3.63, 3.8) is 0 Å². The molecule has 0 atom stereocenters. The van der Waals surface area contributed by atoms with Crippen LogP contribution in [0.15, 0.2) is 65.6 Å². The second kappa shape index (κ2) is 7.58. The van der Waals surface area contributed by atoms with Gasteiger partial charge in [-0.25, -0.2) is 8.78 Å². The lowest BCUT2D eigenvalue weighted by atomic mass is 10.1. The molecule has 0 unspecified atom stereocenters. The van der Waals surface area contributed by atoms with Gasteiger partial charge in [-0.15, -0.1) is 0 Å². The summed E-state index contributed by atoms with van der Waals surface area (Å²) in [4.78, 5) is 4.27. The predicted molar refractivity (Wildman–Crippen MR) is 105 cm³/mol. The minimum absolute atomic E-state index is 0.0835. The van der Waals surface area contributed by atoms with E-state index in [0.29, 0.717) is 18.7 Å². The third-order valence-electron chi connectivity index (χ3n) is 4.72. The summed E-state index contributed by atoms with van der Waals surface area (Å²) in [7, 11) is 0. The second-order valence-corrected chi connectivity index (χ2v) is 7.13. The molecule has 0 saturated carbocycles. The molecular weight excluding hydrogens is 374 g/mol. The highest BCUT2D eigenvalue weighted by molar-refractivity contribution is 5.59. The van der Waals surface area contributed by atoms with Gasteiger partial charge in [-0.3, -0.25) is 9.67 Å². The fraction of sp³-hybridized carbons (Fsp3) is 0.227. The van der Waals surface area contributed by atoms with Crippen LogP contribution >= 0.6 is 0 Å². The molecule has 4 rings (SSSR count). The van der Waals surface area contributed by atoms with Gasteiger partial charge in [0.15, 0.2) is 5.76 Å². The first-order valence-electron chi connectivity index (χ1n) is 9.24. The summed E-state index contributed by atoms with van der Waals surface area (Å²) in [6.45, 7) is 3.24. The zero-order valence-corrected chi connectivity index (χ0v) is 16.1. The summed E-state index contributed by atoms with van der Waals surface area (Å²) in [5.74, 6) is -2.18. The number of aromatic nitrogens is 4. The molecule has 0 spiro atoms. The molecule has 4 aromatic rings. The number of hydrogen-bond acceptors (Lipinski definition) is 4. The third-order valence-corrected chi connectivity index (χ3v) is 4.72. The number of nitrogens with zero attached hydrogens (tertiary/aromatic N) is 4. The van der Waals surface area contributed by atoms with Crippen LogP contribution in [0, 0.1) is 6.92 Å². The molecular formula is C22H20F2N4O. The molecule has 0 fully saturated rings. The molecule has 0 aliphatic heterocycles. The minimum Gasteiger partial charge on any atom is -0.356 e. The average molecular weight is 394 g/mol. The molecule has 0 aliphatic rings. The highest BCUT2D eigenvalue weighted by Gasteiger charge is 2.25. The van der Waals surface area contributed by atoms with Crippen LogP contribution in [0.25, 0.3) is 11.3 Å². The molecule has 0 aliphatic carbocycles. The van der Waals surface area contributed by atoms with E-state index in [4.69, 9.17) is 4.52 Å². The van der Waals surface area contributed by atoms with E-state index >= 15 is 0 Å². The Labute approximate surface area is 167 Å². The van der Waals surface area contributed by atoms with Crippen LogP contribution in [0.4, 0.5) is 8.78 Å². The quantitative estimate of drug-likeness (QED) is 0.462. The number of hydrogen-bond donors (Lipinski definition) is 0. The Balaban J connectivity index is 1.42. The fourth-order valence-electron chi connectivity index (χ4n) is 3.10. The maximum Gasteiger partial charge on any atom is 0.273 e. The number of benzene rings is 1. The van der Waals surface area contributed by atoms with Crippen molar-refractivity contribution in [3.8, 4) is 11.3 Å². The van der Waals surface area contributed by atoms with Crippen LogP contribution in [-0.2, 0) is 18.9 Å². The van der Waals surface area contributed by atoms with Crippen LogP contribution in [0.3, 0.4) is 0 Å². The van der Waals surface area contributed by atoms with Gasteiger partial charge in [0.1, 0.15) is 0 Å². The fourth-order valence-corrected chi connectivity index (χ4v) is 3.10. The van der Waals surface area contributed by atoms with Gasteiger partial charge in [-0.2, -0.15) is 5.10 Å². The maximum atomic E-state index is 13.3. The smallest absolute Gasteiger partial charge is 0.273 e. The monoisotopic (exact) mass is 394 g/mol. The van der Waals surface area contributed by atoms with Gasteiger partial charge in [-0.05, 0) is 30.2 Å². The van der Waals surface area contributed by atoms with Gasteiger partial charge in [0.2, 0.25) is 0 Å². The molecule has 7 heteroatoms. The zero-order chi connectivity index (χ0) is 20.4. The lowest BCUT2D eigenvalue weighted by Gasteiger charge is -2.06. The van der Waals surface area contributed by atoms with Gasteiger partial charge < -0.3 is 4.52 Å². The first-order chi connectivity index (χ1) is 13.9. The lowest BCUT2D eigenvalue weighted by Crippen LogP contribution is -2.05. The number of aryl methyl sites for hydroxylation is 1. The zero-order valence-electron chi connectivity index (χ0n) is 16.1. The molecule has 5 nitrogen and oxygen atoms in total. The molecule has 1 aromatic carbocycles. The van der Waals surface area contributed by atoms with Crippen molar-refractivity contribution in [2.75, 3.05) is 0 Å². The third kappa shape index (κ3) is 4.39. The van der Waals surface area contributed by atoms with Crippen molar-refractivity contribution in [1.29, 1.82) is 0 Å². The largest absolute Gasteiger partial charge is 0.356 e. The number of rotatable bonds is 6. The Morgan fingerprint density at radius 3 is 2.55 bits per heavy atom. The summed E-state index contributed by atoms with van der Waals surface area (Å²) < 4.78 is 33.6. The minimum atomic E-state index is -2.88. The Kier molecular flexibility index (Phi) is 4.96. The maximum absolute atomic E-state index is 13.3. The number of alkyl halides is 2. The van der Waals surface area contributed by atoms with Crippen LogP contribution in [-0.4, -0.2) is 19.9 Å². The van der Waals surface area contributed by atoms with Crippen molar-refractivity contribution in [2.45, 2.75) is 32.7 Å². The van der Waals surface area contributed by atoms with Gasteiger partial charge >= 0.3 is 0 Å². The molecule has 3 aromatic heterocycles. The molecule has 0 bridgehead atoms. The second-order valence-electron chi connectivity index (χ2n) is 7.13. The molecule has 3 heterocycles. The summed E-state index contributed by atoms with van der Waals surface area (Å²) >= 11 is 0. The molecule has 0 saturated heterocycles. The summed E-state index contributed by atoms with van der Waals surface area (Å²) in [6.07, 6.45) is 4.97.